The van der Waals surface area contributed by atoms with E-state index in [9.17, 15) is 4.79 Å². The molecule has 5 nitrogen and oxygen atoms in total. The molecule has 4 N–H and O–H groups in total. The van der Waals surface area contributed by atoms with Crippen molar-refractivity contribution in [2.24, 2.45) is 5.73 Å². The van der Waals surface area contributed by atoms with Crippen molar-refractivity contribution in [3.8, 4) is 5.75 Å². The molecule has 0 bridgehead atoms. The lowest BCUT2D eigenvalue weighted by atomic mass is 10.2. The van der Waals surface area contributed by atoms with Crippen LogP contribution in [0.1, 0.15) is 5.56 Å². The lowest BCUT2D eigenvalue weighted by Gasteiger charge is -2.12. The molecular formula is C10H13NO4. The molecule has 1 rings (SSSR count). The Balaban J connectivity index is 2.67. The molecule has 0 fully saturated rings. The number of aliphatic carboxylic acids is 1. The number of carbonyl (C=O) groups is 1. The van der Waals surface area contributed by atoms with E-state index >= 15 is 0 Å². The number of benzene rings is 1. The van der Waals surface area contributed by atoms with E-state index in [4.69, 9.17) is 20.7 Å². The molecule has 15 heavy (non-hydrogen) atoms. The van der Waals surface area contributed by atoms with Gasteiger partial charge in [0, 0.05) is 6.54 Å². The Morgan fingerprint density at radius 3 is 2.40 bits per heavy atom. The van der Waals surface area contributed by atoms with E-state index in [0.29, 0.717) is 5.75 Å². The maximum absolute atomic E-state index is 10.6. The highest BCUT2D eigenvalue weighted by Crippen LogP contribution is 2.13. The van der Waals surface area contributed by atoms with Gasteiger partial charge in [0.1, 0.15) is 5.75 Å². The molecule has 0 heterocycles. The van der Waals surface area contributed by atoms with Gasteiger partial charge in [-0.2, -0.15) is 0 Å². The van der Waals surface area contributed by atoms with Crippen LogP contribution in [0, 0.1) is 0 Å². The van der Waals surface area contributed by atoms with Crippen LogP contribution >= 0.6 is 0 Å². The van der Waals surface area contributed by atoms with Gasteiger partial charge in [-0.05, 0) is 17.7 Å². The molecule has 82 valence electrons. The zero-order valence-corrected chi connectivity index (χ0v) is 8.09. The number of carboxylic acid groups (broad SMARTS) is 1. The molecular weight excluding hydrogens is 198 g/mol. The van der Waals surface area contributed by atoms with Gasteiger partial charge in [0.15, 0.2) is 0 Å². The number of aliphatic hydroxyl groups excluding tert-OH is 1. The summed E-state index contributed by atoms with van der Waals surface area (Å²) in [6.07, 6.45) is -1.04. The molecule has 0 spiro atoms. The predicted octanol–water partition coefficient (Wildman–Crippen LogP) is -0.0304. The number of rotatable bonds is 5. The monoisotopic (exact) mass is 211 g/mol. The third-order valence-electron chi connectivity index (χ3n) is 1.87. The van der Waals surface area contributed by atoms with Crippen LogP contribution in [-0.4, -0.2) is 28.8 Å². The van der Waals surface area contributed by atoms with Crippen LogP contribution in [0.2, 0.25) is 0 Å². The Bertz CT molecular complexity index is 323. The van der Waals surface area contributed by atoms with E-state index in [1.807, 2.05) is 0 Å². The van der Waals surface area contributed by atoms with E-state index in [2.05, 4.69) is 0 Å². The van der Waals surface area contributed by atoms with Crippen molar-refractivity contribution in [3.63, 3.8) is 0 Å². The molecule has 1 atom stereocenters. The number of hydrogen-bond acceptors (Lipinski definition) is 4. The van der Waals surface area contributed by atoms with Gasteiger partial charge >= 0.3 is 5.97 Å². The van der Waals surface area contributed by atoms with Gasteiger partial charge in [-0.25, -0.2) is 4.79 Å². The van der Waals surface area contributed by atoms with Crippen molar-refractivity contribution < 1.29 is 19.7 Å². The number of nitrogens with two attached hydrogens (primary N) is 1. The fourth-order valence-corrected chi connectivity index (χ4v) is 1.04. The van der Waals surface area contributed by atoms with E-state index in [-0.39, 0.29) is 13.2 Å². The minimum atomic E-state index is -1.09. The minimum absolute atomic E-state index is 0.0560. The normalized spacial score (nSPS) is 12.1. The van der Waals surface area contributed by atoms with E-state index in [1.54, 1.807) is 24.3 Å². The lowest BCUT2D eigenvalue weighted by molar-refractivity contribution is -0.144. The summed E-state index contributed by atoms with van der Waals surface area (Å²) >= 11 is 0. The van der Waals surface area contributed by atoms with Gasteiger partial charge in [-0.3, -0.25) is 0 Å². The summed E-state index contributed by atoms with van der Waals surface area (Å²) in [4.78, 5) is 10.6. The third-order valence-corrected chi connectivity index (χ3v) is 1.87. The van der Waals surface area contributed by atoms with Gasteiger partial charge in [0.2, 0.25) is 6.10 Å². The first-order chi connectivity index (χ1) is 7.17. The second-order valence-electron chi connectivity index (χ2n) is 2.98. The average Bonchev–Trinajstić information content (AvgIpc) is 2.26. The van der Waals surface area contributed by atoms with Crippen LogP contribution in [0.25, 0.3) is 0 Å². The van der Waals surface area contributed by atoms with Gasteiger partial charge in [-0.1, -0.05) is 12.1 Å². The van der Waals surface area contributed by atoms with Crippen LogP contribution in [0.15, 0.2) is 24.3 Å². The summed E-state index contributed by atoms with van der Waals surface area (Å²) in [5, 5.41) is 17.5. The fourth-order valence-electron chi connectivity index (χ4n) is 1.04. The Kier molecular flexibility index (Phi) is 4.08. The van der Waals surface area contributed by atoms with E-state index in [0.717, 1.165) is 5.56 Å². The first-order valence-corrected chi connectivity index (χ1v) is 4.46. The van der Waals surface area contributed by atoms with Crippen molar-refractivity contribution in [1.82, 2.24) is 0 Å². The number of ether oxygens (including phenoxy) is 1. The van der Waals surface area contributed by atoms with Gasteiger partial charge in [-0.15, -0.1) is 0 Å². The zero-order chi connectivity index (χ0) is 11.3. The largest absolute Gasteiger partial charge is 0.478 e. The Morgan fingerprint density at radius 1 is 1.40 bits per heavy atom. The van der Waals surface area contributed by atoms with Crippen LogP contribution in [0.5, 0.6) is 5.75 Å². The molecule has 1 aromatic rings. The Labute approximate surface area is 87.1 Å². The van der Waals surface area contributed by atoms with Crippen molar-refractivity contribution in [1.29, 1.82) is 0 Å². The molecule has 0 aliphatic rings. The van der Waals surface area contributed by atoms with Crippen molar-refractivity contribution in [2.75, 3.05) is 6.54 Å². The molecule has 1 unspecified atom stereocenters. The Morgan fingerprint density at radius 2 is 2.00 bits per heavy atom. The molecule has 0 amide bonds. The summed E-state index contributed by atoms with van der Waals surface area (Å²) in [5.41, 5.74) is 5.97. The summed E-state index contributed by atoms with van der Waals surface area (Å²) in [5.74, 6) is -0.672. The second kappa shape index (κ2) is 5.33. The van der Waals surface area contributed by atoms with E-state index < -0.39 is 12.1 Å². The first-order valence-electron chi connectivity index (χ1n) is 4.46. The predicted molar refractivity (Wildman–Crippen MR) is 53.5 cm³/mol. The number of aliphatic hydroxyl groups is 1. The SMILES string of the molecule is NCC(Oc1ccc(CO)cc1)C(=O)O. The zero-order valence-electron chi connectivity index (χ0n) is 8.09. The van der Waals surface area contributed by atoms with Crippen molar-refractivity contribution in [2.45, 2.75) is 12.7 Å². The molecule has 0 aromatic heterocycles. The third kappa shape index (κ3) is 3.23. The maximum Gasteiger partial charge on any atom is 0.346 e. The highest BCUT2D eigenvalue weighted by molar-refractivity contribution is 5.73. The van der Waals surface area contributed by atoms with Gasteiger partial charge in [0.05, 0.1) is 6.61 Å². The Hall–Kier alpha value is -1.59. The van der Waals surface area contributed by atoms with E-state index in [1.165, 1.54) is 0 Å². The smallest absolute Gasteiger partial charge is 0.346 e. The van der Waals surface area contributed by atoms with Gasteiger partial charge in [0.25, 0.3) is 0 Å². The lowest BCUT2D eigenvalue weighted by Crippen LogP contribution is -2.34. The van der Waals surface area contributed by atoms with Crippen LogP contribution in [0.4, 0.5) is 0 Å². The second-order valence-corrected chi connectivity index (χ2v) is 2.98. The number of carboxylic acids is 1. The topological polar surface area (TPSA) is 92.8 Å². The molecule has 0 aliphatic heterocycles. The molecule has 0 saturated heterocycles. The molecule has 0 saturated carbocycles. The van der Waals surface area contributed by atoms with Gasteiger partial charge < -0.3 is 20.7 Å². The van der Waals surface area contributed by atoms with Crippen LogP contribution < -0.4 is 10.5 Å². The van der Waals surface area contributed by atoms with Crippen molar-refractivity contribution in [3.05, 3.63) is 29.8 Å². The summed E-state index contributed by atoms with van der Waals surface area (Å²) in [6.45, 7) is -0.142. The first kappa shape index (κ1) is 11.5. The highest BCUT2D eigenvalue weighted by Gasteiger charge is 2.16. The maximum atomic E-state index is 10.6. The van der Waals surface area contributed by atoms with Crippen LogP contribution in [-0.2, 0) is 11.4 Å². The van der Waals surface area contributed by atoms with Crippen molar-refractivity contribution >= 4 is 5.97 Å². The molecule has 5 heteroatoms. The standard InChI is InChI=1S/C10H13NO4/c11-5-9(10(13)14)15-8-3-1-7(6-12)2-4-8/h1-4,9,12H,5-6,11H2,(H,13,14). The molecule has 1 aromatic carbocycles. The molecule has 0 aliphatic carbocycles. The average molecular weight is 211 g/mol. The minimum Gasteiger partial charge on any atom is -0.478 e. The summed E-state index contributed by atoms with van der Waals surface area (Å²) in [7, 11) is 0. The highest BCUT2D eigenvalue weighted by atomic mass is 16.5. The summed E-state index contributed by atoms with van der Waals surface area (Å²) in [6, 6.07) is 6.50. The quantitative estimate of drug-likeness (QED) is 0.636. The van der Waals surface area contributed by atoms with Crippen LogP contribution in [0.3, 0.4) is 0 Å². The summed E-state index contributed by atoms with van der Waals surface area (Å²) < 4.78 is 5.12. The fraction of sp³-hybridized carbons (Fsp3) is 0.300. The molecule has 0 radical (unpaired) electrons. The number of hydrogen-bond donors (Lipinski definition) is 3.